The van der Waals surface area contributed by atoms with Gasteiger partial charge in [0.15, 0.2) is 0 Å². The minimum Gasteiger partial charge on any atom is -0.492 e. The molecular weight excluding hydrogens is 452 g/mol. The number of sulfonamides is 1. The van der Waals surface area contributed by atoms with Crippen LogP contribution in [0.1, 0.15) is 47.5 Å². The third-order valence-electron chi connectivity index (χ3n) is 4.83. The molecule has 1 amide bonds. The molecule has 1 heterocycles. The molecule has 0 unspecified atom stereocenters. The van der Waals surface area contributed by atoms with E-state index in [0.29, 0.717) is 35.7 Å². The van der Waals surface area contributed by atoms with Crippen molar-refractivity contribution in [3.8, 4) is 5.75 Å². The number of carbonyl (C=O) groups is 1. The zero-order valence-electron chi connectivity index (χ0n) is 20.3. The van der Waals surface area contributed by atoms with Gasteiger partial charge in [0.1, 0.15) is 5.75 Å². The predicted octanol–water partition coefficient (Wildman–Crippen LogP) is 4.66. The van der Waals surface area contributed by atoms with Gasteiger partial charge in [0.2, 0.25) is 10.0 Å². The summed E-state index contributed by atoms with van der Waals surface area (Å²) in [5, 5.41) is 9.01. The summed E-state index contributed by atoms with van der Waals surface area (Å²) in [5.41, 5.74) is 1.76. The third kappa shape index (κ3) is 6.03. The highest BCUT2D eigenvalue weighted by atomic mass is 32.2. The van der Waals surface area contributed by atoms with Gasteiger partial charge in [-0.25, -0.2) is 13.1 Å². The van der Waals surface area contributed by atoms with Gasteiger partial charge < -0.3 is 10.1 Å². The topological polar surface area (TPSA) is 100 Å². The number of anilines is 2. The van der Waals surface area contributed by atoms with Crippen LogP contribution < -0.4 is 19.8 Å². The van der Waals surface area contributed by atoms with E-state index in [1.807, 2.05) is 38.1 Å². The molecule has 8 nitrogen and oxygen atoms in total. The van der Waals surface area contributed by atoms with E-state index in [4.69, 9.17) is 4.74 Å². The molecule has 2 aromatic rings. The number of ether oxygens (including phenoxy) is 1. The number of hydrogen-bond donors (Lipinski definition) is 2. The number of nitrogens with one attached hydrogen (secondary N) is 2. The molecule has 0 saturated carbocycles. The molecule has 0 atom stereocenters. The monoisotopic (exact) mass is 484 g/mol. The lowest BCUT2D eigenvalue weighted by molar-refractivity contribution is -0.114. The second-order valence-electron chi connectivity index (χ2n) is 8.89. The minimum atomic E-state index is -3.67. The molecule has 0 radical (unpaired) electrons. The summed E-state index contributed by atoms with van der Waals surface area (Å²) in [6.45, 7) is 9.80. The number of nitrogens with zero attached hydrogens (tertiary/aromatic N) is 2. The quantitative estimate of drug-likeness (QED) is 0.504. The zero-order valence-corrected chi connectivity index (χ0v) is 21.1. The average Bonchev–Trinajstić information content (AvgIpc) is 3.07. The Hall–Kier alpha value is -3.17. The highest BCUT2D eigenvalue weighted by Crippen LogP contribution is 2.28. The molecule has 9 heteroatoms. The summed E-state index contributed by atoms with van der Waals surface area (Å²) in [4.78, 5) is 13.4. The Morgan fingerprint density at radius 1 is 1.06 bits per heavy atom. The Kier molecular flexibility index (Phi) is 7.78. The van der Waals surface area contributed by atoms with Crippen LogP contribution in [0.4, 0.5) is 11.4 Å². The molecule has 2 aromatic carbocycles. The first-order valence-electron chi connectivity index (χ1n) is 11.3. The van der Waals surface area contributed by atoms with E-state index in [0.717, 1.165) is 12.1 Å². The standard InChI is InChI=1S/C25H32N4O4S/c1-6-10-21-20(17-26-22-11-8-9-12-23(22)33-7-2)24(30)29(27-21)18-13-15-19(16-14-18)34(31,32)28-25(3,4)5/h8-9,11-17,26,28H,6-7,10H2,1-5H3. The zero-order chi connectivity index (χ0) is 24.9. The molecule has 0 saturated heterocycles. The van der Waals surface area contributed by atoms with Crippen molar-refractivity contribution < 1.29 is 17.9 Å². The summed E-state index contributed by atoms with van der Waals surface area (Å²) < 4.78 is 33.4. The van der Waals surface area contributed by atoms with E-state index >= 15 is 0 Å². The van der Waals surface area contributed by atoms with E-state index in [9.17, 15) is 13.2 Å². The maximum absolute atomic E-state index is 13.2. The molecule has 1 aliphatic heterocycles. The molecular formula is C25H32N4O4S. The van der Waals surface area contributed by atoms with Crippen molar-refractivity contribution in [1.29, 1.82) is 0 Å². The fourth-order valence-electron chi connectivity index (χ4n) is 3.44. The van der Waals surface area contributed by atoms with Crippen LogP contribution in [0.5, 0.6) is 5.75 Å². The Morgan fingerprint density at radius 2 is 1.74 bits per heavy atom. The molecule has 0 bridgehead atoms. The number of rotatable bonds is 9. The Morgan fingerprint density at radius 3 is 2.35 bits per heavy atom. The summed E-state index contributed by atoms with van der Waals surface area (Å²) in [7, 11) is -3.67. The van der Waals surface area contributed by atoms with Crippen LogP contribution in [0.15, 0.2) is 70.3 Å². The molecule has 1 aliphatic rings. The molecule has 3 rings (SSSR count). The van der Waals surface area contributed by atoms with Crippen molar-refractivity contribution in [3.05, 3.63) is 60.3 Å². The first-order chi connectivity index (χ1) is 16.1. The summed E-state index contributed by atoms with van der Waals surface area (Å²) in [6.07, 6.45) is 3.11. The number of hydrogen-bond acceptors (Lipinski definition) is 6. The summed E-state index contributed by atoms with van der Waals surface area (Å²) in [5.74, 6) is 0.409. The van der Waals surface area contributed by atoms with Crippen LogP contribution in [-0.4, -0.2) is 32.2 Å². The first kappa shape index (κ1) is 25.5. The predicted molar refractivity (Wildman–Crippen MR) is 136 cm³/mol. The third-order valence-corrected chi connectivity index (χ3v) is 6.61. The van der Waals surface area contributed by atoms with Gasteiger partial charge in [-0.15, -0.1) is 0 Å². The van der Waals surface area contributed by atoms with Gasteiger partial charge >= 0.3 is 0 Å². The Bertz CT molecular complexity index is 1200. The van der Waals surface area contributed by atoms with Gasteiger partial charge in [0.05, 0.1) is 34.2 Å². The molecule has 0 fully saturated rings. The second kappa shape index (κ2) is 10.4. The minimum absolute atomic E-state index is 0.126. The van der Waals surface area contributed by atoms with E-state index in [1.54, 1.807) is 39.1 Å². The number of carbonyl (C=O) groups excluding carboxylic acids is 1. The maximum atomic E-state index is 13.2. The maximum Gasteiger partial charge on any atom is 0.282 e. The van der Waals surface area contributed by atoms with Crippen LogP contribution in [0.2, 0.25) is 0 Å². The van der Waals surface area contributed by atoms with Gasteiger partial charge in [-0.3, -0.25) is 4.79 Å². The van der Waals surface area contributed by atoms with E-state index in [-0.39, 0.29) is 10.8 Å². The van der Waals surface area contributed by atoms with Crippen molar-refractivity contribution in [3.63, 3.8) is 0 Å². The normalized spacial score (nSPS) is 15.6. The van der Waals surface area contributed by atoms with Crippen LogP contribution in [0.25, 0.3) is 0 Å². The van der Waals surface area contributed by atoms with Gasteiger partial charge in [0, 0.05) is 11.7 Å². The van der Waals surface area contributed by atoms with Crippen molar-refractivity contribution in [1.82, 2.24) is 4.72 Å². The highest BCUT2D eigenvalue weighted by molar-refractivity contribution is 7.89. The summed E-state index contributed by atoms with van der Waals surface area (Å²) in [6, 6.07) is 13.6. The second-order valence-corrected chi connectivity index (χ2v) is 10.6. The largest absolute Gasteiger partial charge is 0.492 e. The van der Waals surface area contributed by atoms with Gasteiger partial charge in [-0.05, 0) is 70.5 Å². The Labute approximate surface area is 201 Å². The number of amides is 1. The number of para-hydroxylation sites is 2. The number of hydrazone groups is 1. The van der Waals surface area contributed by atoms with Gasteiger partial charge in [-0.2, -0.15) is 10.1 Å². The van der Waals surface area contributed by atoms with E-state index in [2.05, 4.69) is 15.1 Å². The van der Waals surface area contributed by atoms with Crippen LogP contribution in [-0.2, 0) is 14.8 Å². The average molecular weight is 485 g/mol. The lowest BCUT2D eigenvalue weighted by Gasteiger charge is -2.20. The lowest BCUT2D eigenvalue weighted by Crippen LogP contribution is -2.40. The fourth-order valence-corrected chi connectivity index (χ4v) is 4.86. The molecule has 0 aliphatic carbocycles. The fraction of sp³-hybridized carbons (Fsp3) is 0.360. The van der Waals surface area contributed by atoms with Gasteiger partial charge in [-0.1, -0.05) is 25.5 Å². The van der Waals surface area contributed by atoms with Crippen molar-refractivity contribution in [2.24, 2.45) is 5.10 Å². The Balaban J connectivity index is 1.86. The van der Waals surface area contributed by atoms with Crippen LogP contribution in [0.3, 0.4) is 0 Å². The molecule has 34 heavy (non-hydrogen) atoms. The van der Waals surface area contributed by atoms with Gasteiger partial charge in [0.25, 0.3) is 5.91 Å². The SMILES string of the molecule is CCCC1=NN(c2ccc(S(=O)(=O)NC(C)(C)C)cc2)C(=O)C1=CNc1ccccc1OCC. The van der Waals surface area contributed by atoms with Crippen LogP contribution >= 0.6 is 0 Å². The molecule has 2 N–H and O–H groups in total. The molecule has 182 valence electrons. The lowest BCUT2D eigenvalue weighted by atomic mass is 10.1. The van der Waals surface area contributed by atoms with E-state index < -0.39 is 15.6 Å². The molecule has 0 aromatic heterocycles. The summed E-state index contributed by atoms with van der Waals surface area (Å²) >= 11 is 0. The van der Waals surface area contributed by atoms with Crippen molar-refractivity contribution >= 4 is 33.0 Å². The first-order valence-corrected chi connectivity index (χ1v) is 12.8. The van der Waals surface area contributed by atoms with Crippen LogP contribution in [0, 0.1) is 0 Å². The van der Waals surface area contributed by atoms with Crippen molar-refractivity contribution in [2.45, 2.75) is 57.9 Å². The smallest absolute Gasteiger partial charge is 0.282 e. The number of benzene rings is 2. The molecule has 0 spiro atoms. The van der Waals surface area contributed by atoms with Crippen molar-refractivity contribution in [2.75, 3.05) is 16.9 Å². The van der Waals surface area contributed by atoms with E-state index in [1.165, 1.54) is 17.1 Å². The highest BCUT2D eigenvalue weighted by Gasteiger charge is 2.31.